The van der Waals surface area contributed by atoms with Gasteiger partial charge in [-0.25, -0.2) is 9.97 Å². The lowest BCUT2D eigenvalue weighted by Gasteiger charge is -2.15. The predicted molar refractivity (Wildman–Crippen MR) is 98.1 cm³/mol. The van der Waals surface area contributed by atoms with E-state index in [9.17, 15) is 9.90 Å². The highest BCUT2D eigenvalue weighted by Crippen LogP contribution is 2.30. The molecule has 26 heavy (non-hydrogen) atoms. The van der Waals surface area contributed by atoms with Crippen LogP contribution < -0.4 is 10.6 Å². The van der Waals surface area contributed by atoms with Crippen molar-refractivity contribution in [1.29, 1.82) is 0 Å². The number of carbonyl (C=O) groups is 1. The number of aromatic nitrogens is 2. The summed E-state index contributed by atoms with van der Waals surface area (Å²) in [7, 11) is 0. The molecule has 3 aromatic rings. The Bertz CT molecular complexity index is 976. The lowest BCUT2D eigenvalue weighted by Crippen LogP contribution is -2.30. The van der Waals surface area contributed by atoms with Gasteiger partial charge >= 0.3 is 5.97 Å². The minimum atomic E-state index is -0.850. The van der Waals surface area contributed by atoms with Crippen LogP contribution in [0.4, 0.5) is 5.82 Å². The summed E-state index contributed by atoms with van der Waals surface area (Å²) in [5, 5.41) is 26.5. The smallest absolute Gasteiger partial charge is 0.320 e. The normalized spacial score (nSPS) is 19.5. The zero-order chi connectivity index (χ0) is 18.1. The first-order valence-electron chi connectivity index (χ1n) is 8.39. The number of benzene rings is 2. The summed E-state index contributed by atoms with van der Waals surface area (Å²) in [5.41, 5.74) is 1.30. The van der Waals surface area contributed by atoms with Crippen LogP contribution in [0.2, 0.25) is 0 Å². The fraction of sp³-hybridized carbons (Fsp3) is 0.211. The van der Waals surface area contributed by atoms with Gasteiger partial charge in [-0.1, -0.05) is 24.3 Å². The summed E-state index contributed by atoms with van der Waals surface area (Å²) in [6, 6.07) is 13.9. The van der Waals surface area contributed by atoms with E-state index in [2.05, 4.69) is 20.6 Å². The fourth-order valence-electron chi connectivity index (χ4n) is 3.20. The van der Waals surface area contributed by atoms with Crippen LogP contribution in [0.1, 0.15) is 6.42 Å². The van der Waals surface area contributed by atoms with Crippen LogP contribution in [0.15, 0.2) is 48.5 Å². The second-order valence-electron chi connectivity index (χ2n) is 6.31. The van der Waals surface area contributed by atoms with Crippen molar-refractivity contribution in [2.75, 3.05) is 11.9 Å². The minimum absolute atomic E-state index is 0.0494. The second-order valence-corrected chi connectivity index (χ2v) is 6.31. The largest absolute Gasteiger partial charge is 0.507 e. The number of rotatable bonds is 4. The average Bonchev–Trinajstić information content (AvgIpc) is 3.11. The van der Waals surface area contributed by atoms with Gasteiger partial charge < -0.3 is 20.8 Å². The highest BCUT2D eigenvalue weighted by atomic mass is 16.4. The molecular weight excluding hydrogens is 332 g/mol. The highest BCUT2D eigenvalue weighted by molar-refractivity contribution is 5.91. The van der Waals surface area contributed by atoms with Crippen molar-refractivity contribution >= 4 is 22.7 Å². The van der Waals surface area contributed by atoms with E-state index in [1.54, 1.807) is 18.2 Å². The third-order valence-electron chi connectivity index (χ3n) is 4.52. The standard InChI is InChI=1S/C19H18N4O3/c24-16-8-4-2-6-13(16)18-22-14-7-3-1-5-12(14)17(23-18)21-11-9-15(19(25)26)20-10-11/h1-8,11,15,20,24H,9-10H2,(H,25,26)(H,21,22,23). The number of hydrogen-bond donors (Lipinski definition) is 4. The molecule has 1 fully saturated rings. The molecule has 0 spiro atoms. The van der Waals surface area contributed by atoms with Crippen LogP contribution >= 0.6 is 0 Å². The summed E-state index contributed by atoms with van der Waals surface area (Å²) in [6.45, 7) is 0.543. The number of aliphatic carboxylic acids is 1. The van der Waals surface area contributed by atoms with Crippen molar-refractivity contribution in [3.8, 4) is 17.1 Å². The number of aromatic hydroxyl groups is 1. The number of hydrogen-bond acceptors (Lipinski definition) is 6. The van der Waals surface area contributed by atoms with E-state index in [-0.39, 0.29) is 11.8 Å². The first kappa shape index (κ1) is 16.3. The molecule has 4 N–H and O–H groups in total. The van der Waals surface area contributed by atoms with Gasteiger partial charge in [0.2, 0.25) is 0 Å². The molecule has 1 aliphatic heterocycles. The second kappa shape index (κ2) is 6.61. The van der Waals surface area contributed by atoms with Gasteiger partial charge in [-0.15, -0.1) is 0 Å². The first-order valence-corrected chi connectivity index (χ1v) is 8.39. The number of carboxylic acid groups (broad SMARTS) is 1. The summed E-state index contributed by atoms with van der Waals surface area (Å²) >= 11 is 0. The van der Waals surface area contributed by atoms with Crippen molar-refractivity contribution < 1.29 is 15.0 Å². The highest BCUT2D eigenvalue weighted by Gasteiger charge is 2.29. The third-order valence-corrected chi connectivity index (χ3v) is 4.52. The van der Waals surface area contributed by atoms with Crippen molar-refractivity contribution in [1.82, 2.24) is 15.3 Å². The van der Waals surface area contributed by atoms with Crippen LogP contribution in [0.5, 0.6) is 5.75 Å². The van der Waals surface area contributed by atoms with Gasteiger partial charge in [-0.2, -0.15) is 0 Å². The molecule has 0 radical (unpaired) electrons. The monoisotopic (exact) mass is 350 g/mol. The Morgan fingerprint density at radius 2 is 1.88 bits per heavy atom. The molecule has 0 aliphatic carbocycles. The number of para-hydroxylation sites is 2. The predicted octanol–water partition coefficient (Wildman–Crippen LogP) is 2.23. The zero-order valence-corrected chi connectivity index (χ0v) is 13.9. The first-order chi connectivity index (χ1) is 12.6. The maximum atomic E-state index is 11.1. The van der Waals surface area contributed by atoms with E-state index >= 15 is 0 Å². The van der Waals surface area contributed by atoms with Crippen LogP contribution in [-0.2, 0) is 4.79 Å². The average molecular weight is 350 g/mol. The Labute approximate surface area is 149 Å². The van der Waals surface area contributed by atoms with E-state index in [0.29, 0.717) is 30.2 Å². The lowest BCUT2D eigenvalue weighted by atomic mass is 10.1. The van der Waals surface area contributed by atoms with E-state index in [1.807, 2.05) is 30.3 Å². The van der Waals surface area contributed by atoms with Crippen LogP contribution in [0.25, 0.3) is 22.3 Å². The summed E-state index contributed by atoms with van der Waals surface area (Å²) in [5.74, 6) is 0.315. The van der Waals surface area contributed by atoms with Gasteiger partial charge in [-0.3, -0.25) is 4.79 Å². The molecule has 0 saturated carbocycles. The third kappa shape index (κ3) is 3.04. The van der Waals surface area contributed by atoms with E-state index < -0.39 is 12.0 Å². The molecule has 0 bridgehead atoms. The van der Waals surface area contributed by atoms with E-state index in [1.165, 1.54) is 0 Å². The molecule has 1 aromatic heterocycles. The van der Waals surface area contributed by atoms with Crippen LogP contribution in [0, 0.1) is 0 Å². The molecule has 0 amide bonds. The number of carboxylic acids is 1. The summed E-state index contributed by atoms with van der Waals surface area (Å²) < 4.78 is 0. The Hall–Kier alpha value is -3.19. The topological polar surface area (TPSA) is 107 Å². The van der Waals surface area contributed by atoms with Gasteiger partial charge in [-0.05, 0) is 30.7 Å². The van der Waals surface area contributed by atoms with Crippen molar-refractivity contribution in [3.05, 3.63) is 48.5 Å². The van der Waals surface area contributed by atoms with Gasteiger partial charge in [0, 0.05) is 18.0 Å². The van der Waals surface area contributed by atoms with Gasteiger partial charge in [0.15, 0.2) is 5.82 Å². The van der Waals surface area contributed by atoms with Gasteiger partial charge in [0.05, 0.1) is 11.1 Å². The molecule has 7 heteroatoms. The summed E-state index contributed by atoms with van der Waals surface area (Å²) in [6.07, 6.45) is 0.472. The Morgan fingerprint density at radius 1 is 1.12 bits per heavy atom. The molecule has 1 saturated heterocycles. The lowest BCUT2D eigenvalue weighted by molar-refractivity contribution is -0.139. The van der Waals surface area contributed by atoms with Crippen molar-refractivity contribution in [2.45, 2.75) is 18.5 Å². The quantitative estimate of drug-likeness (QED) is 0.571. The number of anilines is 1. The molecule has 7 nitrogen and oxygen atoms in total. The Kier molecular flexibility index (Phi) is 4.14. The molecule has 2 atom stereocenters. The van der Waals surface area contributed by atoms with Gasteiger partial charge in [0.25, 0.3) is 0 Å². The SMILES string of the molecule is O=C(O)C1CC(Nc2nc(-c3ccccc3O)nc3ccccc23)CN1. The van der Waals surface area contributed by atoms with E-state index in [0.717, 1.165) is 10.9 Å². The maximum Gasteiger partial charge on any atom is 0.320 e. The van der Waals surface area contributed by atoms with Crippen molar-refractivity contribution in [3.63, 3.8) is 0 Å². The molecule has 2 heterocycles. The number of nitrogens with zero attached hydrogens (tertiary/aromatic N) is 2. The number of fused-ring (bicyclic) bond motifs is 1. The van der Waals surface area contributed by atoms with Crippen LogP contribution in [0.3, 0.4) is 0 Å². The number of phenolic OH excluding ortho intramolecular Hbond substituents is 1. The Morgan fingerprint density at radius 3 is 2.65 bits per heavy atom. The fourth-order valence-corrected chi connectivity index (χ4v) is 3.20. The molecule has 2 aromatic carbocycles. The number of nitrogens with one attached hydrogen (secondary N) is 2. The molecule has 1 aliphatic rings. The number of phenols is 1. The summed E-state index contributed by atoms with van der Waals surface area (Å²) in [4.78, 5) is 20.3. The van der Waals surface area contributed by atoms with E-state index in [4.69, 9.17) is 5.11 Å². The Balaban J connectivity index is 1.74. The molecular formula is C19H18N4O3. The zero-order valence-electron chi connectivity index (χ0n) is 13.9. The van der Waals surface area contributed by atoms with Crippen LogP contribution in [-0.4, -0.2) is 44.8 Å². The molecule has 2 unspecified atom stereocenters. The maximum absolute atomic E-state index is 11.1. The molecule has 4 rings (SSSR count). The molecule has 132 valence electrons. The van der Waals surface area contributed by atoms with Gasteiger partial charge in [0.1, 0.15) is 17.6 Å². The minimum Gasteiger partial charge on any atom is -0.507 e. The van der Waals surface area contributed by atoms with Crippen molar-refractivity contribution in [2.24, 2.45) is 0 Å².